The van der Waals surface area contributed by atoms with E-state index in [-0.39, 0.29) is 0 Å². The molecule has 0 radical (unpaired) electrons. The van der Waals surface area contributed by atoms with Gasteiger partial charge >= 0.3 is 0 Å². The SMILES string of the molecule is C=C(Cl)CN1CCCC1c1cc(OC)ccc1OC. The first kappa shape index (κ1) is 14.2. The highest BCUT2D eigenvalue weighted by atomic mass is 35.5. The number of hydrogen-bond donors (Lipinski definition) is 0. The van der Waals surface area contributed by atoms with Crippen molar-refractivity contribution in [3.63, 3.8) is 0 Å². The maximum absolute atomic E-state index is 5.95. The van der Waals surface area contributed by atoms with E-state index in [2.05, 4.69) is 17.5 Å². The molecule has 1 heterocycles. The zero-order valence-electron chi connectivity index (χ0n) is 11.5. The molecule has 4 heteroatoms. The zero-order chi connectivity index (χ0) is 13.8. The van der Waals surface area contributed by atoms with Gasteiger partial charge in [0.25, 0.3) is 0 Å². The minimum atomic E-state index is 0.320. The number of hydrogen-bond acceptors (Lipinski definition) is 3. The minimum absolute atomic E-state index is 0.320. The number of benzene rings is 1. The maximum atomic E-state index is 5.95. The molecule has 19 heavy (non-hydrogen) atoms. The Morgan fingerprint density at radius 3 is 2.84 bits per heavy atom. The molecule has 0 saturated carbocycles. The average Bonchev–Trinajstić information content (AvgIpc) is 2.85. The van der Waals surface area contributed by atoms with Crippen LogP contribution >= 0.6 is 11.6 Å². The number of likely N-dealkylation sites (tertiary alicyclic amines) is 1. The molecule has 1 aromatic rings. The first-order valence-electron chi connectivity index (χ1n) is 6.45. The van der Waals surface area contributed by atoms with Crippen LogP contribution in [0.3, 0.4) is 0 Å². The van der Waals surface area contributed by atoms with Crippen molar-refractivity contribution < 1.29 is 9.47 Å². The van der Waals surface area contributed by atoms with E-state index in [1.54, 1.807) is 14.2 Å². The molecule has 1 saturated heterocycles. The molecule has 1 unspecified atom stereocenters. The van der Waals surface area contributed by atoms with Gasteiger partial charge in [-0.05, 0) is 37.6 Å². The summed E-state index contributed by atoms with van der Waals surface area (Å²) in [7, 11) is 3.38. The molecule has 104 valence electrons. The van der Waals surface area contributed by atoms with Crippen molar-refractivity contribution >= 4 is 11.6 Å². The van der Waals surface area contributed by atoms with E-state index in [1.165, 1.54) is 0 Å². The summed E-state index contributed by atoms with van der Waals surface area (Å²) in [6, 6.07) is 6.25. The summed E-state index contributed by atoms with van der Waals surface area (Å²) in [5.74, 6) is 1.75. The number of ether oxygens (including phenoxy) is 2. The molecule has 0 aliphatic carbocycles. The van der Waals surface area contributed by atoms with Crippen LogP contribution in [0.2, 0.25) is 0 Å². The summed E-state index contributed by atoms with van der Waals surface area (Å²) in [6.45, 7) is 5.54. The van der Waals surface area contributed by atoms with Crippen LogP contribution in [0, 0.1) is 0 Å². The second-order valence-corrected chi connectivity index (χ2v) is 5.29. The molecule has 1 fully saturated rings. The zero-order valence-corrected chi connectivity index (χ0v) is 12.2. The lowest BCUT2D eigenvalue weighted by Gasteiger charge is -2.26. The molecule has 0 bridgehead atoms. The predicted molar refractivity (Wildman–Crippen MR) is 78.1 cm³/mol. The van der Waals surface area contributed by atoms with Crippen LogP contribution < -0.4 is 9.47 Å². The Labute approximate surface area is 119 Å². The molecule has 1 aromatic carbocycles. The van der Waals surface area contributed by atoms with Crippen molar-refractivity contribution in [1.29, 1.82) is 0 Å². The van der Waals surface area contributed by atoms with E-state index in [9.17, 15) is 0 Å². The largest absolute Gasteiger partial charge is 0.497 e. The smallest absolute Gasteiger partial charge is 0.123 e. The van der Waals surface area contributed by atoms with Crippen molar-refractivity contribution in [3.05, 3.63) is 35.4 Å². The Morgan fingerprint density at radius 2 is 2.21 bits per heavy atom. The summed E-state index contributed by atoms with van der Waals surface area (Å²) in [5.41, 5.74) is 1.16. The maximum Gasteiger partial charge on any atom is 0.123 e. The fourth-order valence-electron chi connectivity index (χ4n) is 2.69. The van der Waals surface area contributed by atoms with Crippen molar-refractivity contribution in [2.24, 2.45) is 0 Å². The summed E-state index contributed by atoms with van der Waals surface area (Å²) in [6.07, 6.45) is 2.27. The normalized spacial score (nSPS) is 19.4. The molecule has 1 aliphatic rings. The molecule has 0 spiro atoms. The van der Waals surface area contributed by atoms with Crippen molar-refractivity contribution in [1.82, 2.24) is 4.90 Å². The summed E-state index contributed by atoms with van der Waals surface area (Å²) in [5, 5.41) is 0.675. The number of rotatable bonds is 5. The standard InChI is InChI=1S/C15H20ClNO2/c1-11(16)10-17-8-4-5-14(17)13-9-12(18-2)6-7-15(13)19-3/h6-7,9,14H,1,4-5,8,10H2,2-3H3. The van der Waals surface area contributed by atoms with E-state index in [0.717, 1.165) is 36.4 Å². The number of nitrogens with zero attached hydrogens (tertiary/aromatic N) is 1. The quantitative estimate of drug-likeness (QED) is 0.823. The molecular formula is C15H20ClNO2. The molecule has 1 aliphatic heterocycles. The average molecular weight is 282 g/mol. The van der Waals surface area contributed by atoms with Gasteiger partial charge in [0.1, 0.15) is 11.5 Å². The third-order valence-corrected chi connectivity index (χ3v) is 3.65. The molecule has 2 rings (SSSR count). The Kier molecular flexibility index (Phi) is 4.72. The second kappa shape index (κ2) is 6.31. The van der Waals surface area contributed by atoms with Gasteiger partial charge in [0.05, 0.1) is 14.2 Å². The summed E-state index contributed by atoms with van der Waals surface area (Å²) < 4.78 is 10.8. The van der Waals surface area contributed by atoms with Gasteiger partial charge in [0, 0.05) is 23.2 Å². The van der Waals surface area contributed by atoms with Crippen LogP contribution in [0.4, 0.5) is 0 Å². The lowest BCUT2D eigenvalue weighted by atomic mass is 10.0. The molecule has 1 atom stereocenters. The third kappa shape index (κ3) is 3.23. The van der Waals surface area contributed by atoms with Crippen molar-refractivity contribution in [2.75, 3.05) is 27.3 Å². The van der Waals surface area contributed by atoms with Gasteiger partial charge in [0.15, 0.2) is 0 Å². The van der Waals surface area contributed by atoms with Crippen molar-refractivity contribution in [2.45, 2.75) is 18.9 Å². The fraction of sp³-hybridized carbons (Fsp3) is 0.467. The minimum Gasteiger partial charge on any atom is -0.497 e. The molecule has 0 amide bonds. The van der Waals surface area contributed by atoms with Gasteiger partial charge in [-0.1, -0.05) is 18.2 Å². The van der Waals surface area contributed by atoms with Gasteiger partial charge < -0.3 is 9.47 Å². The lowest BCUT2D eigenvalue weighted by Crippen LogP contribution is -2.24. The predicted octanol–water partition coefficient (Wildman–Crippen LogP) is 3.59. The molecule has 3 nitrogen and oxygen atoms in total. The summed E-state index contributed by atoms with van der Waals surface area (Å²) in [4.78, 5) is 2.34. The second-order valence-electron chi connectivity index (χ2n) is 4.75. The van der Waals surface area contributed by atoms with Gasteiger partial charge in [-0.25, -0.2) is 0 Å². The van der Waals surface area contributed by atoms with E-state index in [1.807, 2.05) is 12.1 Å². The van der Waals surface area contributed by atoms with E-state index < -0.39 is 0 Å². The van der Waals surface area contributed by atoms with Crippen LogP contribution in [-0.2, 0) is 0 Å². The highest BCUT2D eigenvalue weighted by Gasteiger charge is 2.28. The lowest BCUT2D eigenvalue weighted by molar-refractivity contribution is 0.274. The van der Waals surface area contributed by atoms with E-state index in [0.29, 0.717) is 17.6 Å². The Bertz CT molecular complexity index is 461. The Balaban J connectivity index is 2.30. The van der Waals surface area contributed by atoms with Gasteiger partial charge in [0.2, 0.25) is 0 Å². The number of halogens is 1. The Hall–Kier alpha value is -1.19. The summed E-state index contributed by atoms with van der Waals surface area (Å²) >= 11 is 5.95. The fourth-order valence-corrected chi connectivity index (χ4v) is 2.84. The van der Waals surface area contributed by atoms with Gasteiger partial charge in [-0.15, -0.1) is 0 Å². The Morgan fingerprint density at radius 1 is 1.42 bits per heavy atom. The van der Waals surface area contributed by atoms with Crippen LogP contribution in [0.5, 0.6) is 11.5 Å². The van der Waals surface area contributed by atoms with E-state index in [4.69, 9.17) is 21.1 Å². The molecular weight excluding hydrogens is 262 g/mol. The first-order valence-corrected chi connectivity index (χ1v) is 6.82. The molecule has 0 aromatic heterocycles. The molecule has 0 N–H and O–H groups in total. The first-order chi connectivity index (χ1) is 9.15. The van der Waals surface area contributed by atoms with Crippen LogP contribution in [0.25, 0.3) is 0 Å². The highest BCUT2D eigenvalue weighted by molar-refractivity contribution is 6.29. The van der Waals surface area contributed by atoms with Crippen LogP contribution in [0.1, 0.15) is 24.4 Å². The van der Waals surface area contributed by atoms with Crippen LogP contribution in [-0.4, -0.2) is 32.2 Å². The third-order valence-electron chi connectivity index (χ3n) is 3.53. The van der Waals surface area contributed by atoms with Gasteiger partial charge in [-0.2, -0.15) is 0 Å². The van der Waals surface area contributed by atoms with Crippen molar-refractivity contribution in [3.8, 4) is 11.5 Å². The topological polar surface area (TPSA) is 21.7 Å². The monoisotopic (exact) mass is 281 g/mol. The van der Waals surface area contributed by atoms with Gasteiger partial charge in [-0.3, -0.25) is 4.90 Å². The van der Waals surface area contributed by atoms with E-state index >= 15 is 0 Å². The van der Waals surface area contributed by atoms with Crippen LogP contribution in [0.15, 0.2) is 29.8 Å². The highest BCUT2D eigenvalue weighted by Crippen LogP contribution is 2.39. The number of methoxy groups -OCH3 is 2.